The summed E-state index contributed by atoms with van der Waals surface area (Å²) in [5, 5.41) is 4.80. The van der Waals surface area contributed by atoms with Gasteiger partial charge in [-0.15, -0.1) is 0 Å². The van der Waals surface area contributed by atoms with E-state index in [0.717, 1.165) is 22.6 Å². The van der Waals surface area contributed by atoms with Crippen LogP contribution in [0.5, 0.6) is 11.5 Å². The van der Waals surface area contributed by atoms with Gasteiger partial charge in [-0.3, -0.25) is 0 Å². The van der Waals surface area contributed by atoms with Crippen LogP contribution in [0.15, 0.2) is 109 Å². The fourth-order valence-corrected chi connectivity index (χ4v) is 3.68. The molecule has 0 aliphatic rings. The average Bonchev–Trinajstić information content (AvgIpc) is 2.81. The number of benzene rings is 5. The Morgan fingerprint density at radius 1 is 0.400 bits per heavy atom. The second kappa shape index (κ2) is 8.30. The van der Waals surface area contributed by atoms with Gasteiger partial charge in [0.2, 0.25) is 0 Å². The van der Waals surface area contributed by atoms with Crippen molar-refractivity contribution in [3.8, 4) is 11.5 Å². The molecule has 0 radical (unpaired) electrons. The molecular formula is C28H22O2. The van der Waals surface area contributed by atoms with E-state index in [2.05, 4.69) is 72.8 Å². The molecule has 0 saturated heterocycles. The van der Waals surface area contributed by atoms with Crippen molar-refractivity contribution >= 4 is 21.5 Å². The van der Waals surface area contributed by atoms with E-state index in [-0.39, 0.29) is 0 Å². The summed E-state index contributed by atoms with van der Waals surface area (Å²) < 4.78 is 12.2. The lowest BCUT2D eigenvalue weighted by Gasteiger charge is -2.13. The summed E-state index contributed by atoms with van der Waals surface area (Å²) in [6.45, 7) is 1.02. The van der Waals surface area contributed by atoms with Gasteiger partial charge >= 0.3 is 0 Å². The molecule has 0 atom stereocenters. The highest BCUT2D eigenvalue weighted by Gasteiger charge is 2.06. The zero-order valence-corrected chi connectivity index (χ0v) is 16.6. The van der Waals surface area contributed by atoms with Crippen molar-refractivity contribution in [1.29, 1.82) is 0 Å². The van der Waals surface area contributed by atoms with Gasteiger partial charge < -0.3 is 9.47 Å². The molecule has 2 heteroatoms. The molecule has 0 fully saturated rings. The van der Waals surface area contributed by atoms with E-state index in [9.17, 15) is 0 Å². The van der Waals surface area contributed by atoms with E-state index in [4.69, 9.17) is 9.47 Å². The Morgan fingerprint density at radius 3 is 1.27 bits per heavy atom. The summed E-state index contributed by atoms with van der Waals surface area (Å²) in [7, 11) is 0. The van der Waals surface area contributed by atoms with Crippen molar-refractivity contribution in [3.63, 3.8) is 0 Å². The maximum atomic E-state index is 6.09. The minimum Gasteiger partial charge on any atom is -0.489 e. The summed E-state index contributed by atoms with van der Waals surface area (Å²) in [6.07, 6.45) is 0. The van der Waals surface area contributed by atoms with Gasteiger partial charge in [-0.05, 0) is 56.9 Å². The van der Waals surface area contributed by atoms with E-state index in [1.54, 1.807) is 0 Å². The molecule has 0 N–H and O–H groups in total. The molecule has 0 aromatic heterocycles. The Bertz CT molecular complexity index is 1200. The topological polar surface area (TPSA) is 18.5 Å². The van der Waals surface area contributed by atoms with Gasteiger partial charge in [0.05, 0.1) is 0 Å². The fraction of sp³-hybridized carbons (Fsp3) is 0.0714. The highest BCUT2D eigenvalue weighted by molar-refractivity contribution is 5.84. The third-order valence-corrected chi connectivity index (χ3v) is 5.35. The second-order valence-corrected chi connectivity index (χ2v) is 7.36. The Hall–Kier alpha value is -3.78. The first-order chi connectivity index (χ1) is 14.8. The molecular weight excluding hydrogens is 368 g/mol. The van der Waals surface area contributed by atoms with Crippen LogP contribution in [0.2, 0.25) is 0 Å². The van der Waals surface area contributed by atoms with E-state index in [1.165, 1.54) is 21.5 Å². The molecule has 0 amide bonds. The van der Waals surface area contributed by atoms with Crippen molar-refractivity contribution < 1.29 is 9.47 Å². The highest BCUT2D eigenvalue weighted by Crippen LogP contribution is 2.24. The Balaban J connectivity index is 1.29. The molecule has 0 unspecified atom stereocenters. The van der Waals surface area contributed by atoms with Crippen LogP contribution in [-0.4, -0.2) is 0 Å². The van der Waals surface area contributed by atoms with E-state index < -0.39 is 0 Å². The van der Waals surface area contributed by atoms with Crippen LogP contribution in [-0.2, 0) is 13.2 Å². The quantitative estimate of drug-likeness (QED) is 0.306. The van der Waals surface area contributed by atoms with E-state index in [1.807, 2.05) is 36.4 Å². The van der Waals surface area contributed by atoms with Gasteiger partial charge in [0.1, 0.15) is 24.7 Å². The summed E-state index contributed by atoms with van der Waals surface area (Å²) in [6, 6.07) is 37.3. The predicted molar refractivity (Wildman–Crippen MR) is 123 cm³/mol. The molecule has 146 valence electrons. The fourth-order valence-electron chi connectivity index (χ4n) is 3.68. The van der Waals surface area contributed by atoms with Crippen LogP contribution in [0, 0.1) is 0 Å². The number of fused-ring (bicyclic) bond motifs is 2. The zero-order valence-electron chi connectivity index (χ0n) is 16.6. The van der Waals surface area contributed by atoms with Crippen LogP contribution in [0.25, 0.3) is 21.5 Å². The SMILES string of the molecule is c1ccc(COc2ccc3ccccc3c2)c(COc2ccc3ccccc3c2)c1. The van der Waals surface area contributed by atoms with Gasteiger partial charge in [-0.2, -0.15) is 0 Å². The van der Waals surface area contributed by atoms with Gasteiger partial charge in [0.15, 0.2) is 0 Å². The Kier molecular flexibility index (Phi) is 5.05. The standard InChI is InChI=1S/C28H22O2/c1-3-9-23-17-27(15-13-21(23)7-1)29-19-25-11-5-6-12-26(25)20-30-28-16-14-22-8-2-4-10-24(22)18-28/h1-18H,19-20H2. The molecule has 0 heterocycles. The van der Waals surface area contributed by atoms with Crippen LogP contribution in [0.1, 0.15) is 11.1 Å². The van der Waals surface area contributed by atoms with Crippen LogP contribution in [0.3, 0.4) is 0 Å². The molecule has 5 aromatic carbocycles. The maximum Gasteiger partial charge on any atom is 0.120 e. The lowest BCUT2D eigenvalue weighted by Crippen LogP contribution is -2.03. The normalized spacial score (nSPS) is 10.9. The third-order valence-electron chi connectivity index (χ3n) is 5.35. The number of rotatable bonds is 6. The van der Waals surface area contributed by atoms with Gasteiger partial charge in [-0.25, -0.2) is 0 Å². The largest absolute Gasteiger partial charge is 0.489 e. The molecule has 0 bridgehead atoms. The molecule has 0 saturated carbocycles. The minimum absolute atomic E-state index is 0.510. The summed E-state index contributed by atoms with van der Waals surface area (Å²) in [5.41, 5.74) is 2.26. The van der Waals surface area contributed by atoms with Crippen LogP contribution >= 0.6 is 0 Å². The smallest absolute Gasteiger partial charge is 0.120 e. The maximum absolute atomic E-state index is 6.09. The van der Waals surface area contributed by atoms with E-state index >= 15 is 0 Å². The monoisotopic (exact) mass is 390 g/mol. The molecule has 30 heavy (non-hydrogen) atoms. The average molecular weight is 390 g/mol. The first kappa shape index (κ1) is 18.3. The second-order valence-electron chi connectivity index (χ2n) is 7.36. The lowest BCUT2D eigenvalue weighted by atomic mass is 10.1. The number of hydrogen-bond donors (Lipinski definition) is 0. The van der Waals surface area contributed by atoms with Gasteiger partial charge in [-0.1, -0.05) is 84.9 Å². The lowest BCUT2D eigenvalue weighted by molar-refractivity contribution is 0.286. The van der Waals surface area contributed by atoms with Crippen molar-refractivity contribution in [2.75, 3.05) is 0 Å². The van der Waals surface area contributed by atoms with Gasteiger partial charge in [0, 0.05) is 0 Å². The van der Waals surface area contributed by atoms with Crippen LogP contribution in [0.4, 0.5) is 0 Å². The molecule has 5 rings (SSSR count). The molecule has 2 nitrogen and oxygen atoms in total. The number of hydrogen-bond acceptors (Lipinski definition) is 2. The third kappa shape index (κ3) is 3.99. The molecule has 5 aromatic rings. The Morgan fingerprint density at radius 2 is 0.800 bits per heavy atom. The predicted octanol–water partition coefficient (Wildman–Crippen LogP) is 7.15. The highest BCUT2D eigenvalue weighted by atomic mass is 16.5. The number of ether oxygens (including phenoxy) is 2. The first-order valence-electron chi connectivity index (χ1n) is 10.2. The Labute approximate surface area is 176 Å². The molecule has 0 spiro atoms. The minimum atomic E-state index is 0.510. The van der Waals surface area contributed by atoms with Crippen LogP contribution < -0.4 is 9.47 Å². The summed E-state index contributed by atoms with van der Waals surface area (Å²) in [4.78, 5) is 0. The first-order valence-corrected chi connectivity index (χ1v) is 10.2. The summed E-state index contributed by atoms with van der Waals surface area (Å²) >= 11 is 0. The van der Waals surface area contributed by atoms with Crippen molar-refractivity contribution in [1.82, 2.24) is 0 Å². The molecule has 0 aliphatic carbocycles. The van der Waals surface area contributed by atoms with Gasteiger partial charge in [0.25, 0.3) is 0 Å². The van der Waals surface area contributed by atoms with E-state index in [0.29, 0.717) is 13.2 Å². The van der Waals surface area contributed by atoms with Crippen molar-refractivity contribution in [2.45, 2.75) is 13.2 Å². The summed E-state index contributed by atoms with van der Waals surface area (Å²) in [5.74, 6) is 1.75. The zero-order chi connectivity index (χ0) is 20.2. The van der Waals surface area contributed by atoms with Crippen molar-refractivity contribution in [3.05, 3.63) is 120 Å². The van der Waals surface area contributed by atoms with Crippen molar-refractivity contribution in [2.24, 2.45) is 0 Å². The molecule has 0 aliphatic heterocycles.